The fourth-order valence-electron chi connectivity index (χ4n) is 5.01. The number of rotatable bonds is 23. The monoisotopic (exact) mass is 689 g/mol. The second-order valence-corrected chi connectivity index (χ2v) is 12.2. The van der Waals surface area contributed by atoms with Gasteiger partial charge in [0, 0.05) is 19.9 Å². The summed E-state index contributed by atoms with van der Waals surface area (Å²) in [6.45, 7) is 6.56. The van der Waals surface area contributed by atoms with E-state index in [2.05, 4.69) is 26.3 Å². The highest BCUT2D eigenvalue weighted by Gasteiger charge is 2.34. The number of aliphatic imine (C=N–C) groups is 1. The van der Waals surface area contributed by atoms with Gasteiger partial charge in [0.25, 0.3) is 0 Å². The van der Waals surface area contributed by atoms with E-state index in [4.69, 9.17) is 11.5 Å². The smallest absolute Gasteiger partial charge is 0.307 e. The maximum Gasteiger partial charge on any atom is 0.307 e. The Morgan fingerprint density at radius 1 is 0.776 bits per heavy atom. The number of amides is 4. The number of Topliss-reactive ketones (excluding diaryl/α,β-unsaturated/α-hetero) is 1. The van der Waals surface area contributed by atoms with Crippen molar-refractivity contribution in [1.82, 2.24) is 21.3 Å². The topological polar surface area (TPSA) is 272 Å². The Labute approximate surface area is 286 Å². The quantitative estimate of drug-likeness (QED) is 0.0437. The number of ketones is 1. The third-order valence-electron chi connectivity index (χ3n) is 7.56. The van der Waals surface area contributed by atoms with Crippen LogP contribution in [0.5, 0.6) is 0 Å². The van der Waals surface area contributed by atoms with Gasteiger partial charge >= 0.3 is 11.9 Å². The van der Waals surface area contributed by atoms with Crippen LogP contribution in [0.3, 0.4) is 0 Å². The van der Waals surface area contributed by atoms with Crippen LogP contribution in [0.25, 0.3) is 0 Å². The summed E-state index contributed by atoms with van der Waals surface area (Å²) < 4.78 is 0. The molecule has 0 aromatic heterocycles. The summed E-state index contributed by atoms with van der Waals surface area (Å²) in [5.41, 5.74) is 11.4. The molecule has 0 spiro atoms. The van der Waals surface area contributed by atoms with Gasteiger partial charge in [-0.15, -0.1) is 0 Å². The van der Waals surface area contributed by atoms with Crippen molar-refractivity contribution in [3.05, 3.63) is 35.9 Å². The molecule has 0 saturated carbocycles. The van der Waals surface area contributed by atoms with Gasteiger partial charge in [-0.05, 0) is 37.2 Å². The first-order chi connectivity index (χ1) is 23.0. The zero-order valence-electron chi connectivity index (χ0n) is 28.6. The first-order valence-corrected chi connectivity index (χ1v) is 16.3. The Morgan fingerprint density at radius 2 is 1.33 bits per heavy atom. The number of carbonyl (C=O) groups excluding carboxylic acids is 5. The van der Waals surface area contributed by atoms with Crippen LogP contribution in [0.1, 0.15) is 78.2 Å². The number of nitrogens with two attached hydrogens (primary N) is 2. The molecule has 5 atom stereocenters. The Bertz CT molecular complexity index is 1320. The van der Waals surface area contributed by atoms with E-state index in [0.29, 0.717) is 19.3 Å². The molecule has 1 aromatic rings. The molecule has 1 rings (SSSR count). The van der Waals surface area contributed by atoms with E-state index in [1.165, 1.54) is 6.92 Å². The molecule has 49 heavy (non-hydrogen) atoms. The van der Waals surface area contributed by atoms with Crippen molar-refractivity contribution in [2.24, 2.45) is 28.3 Å². The van der Waals surface area contributed by atoms with Gasteiger partial charge in [-0.1, -0.05) is 63.9 Å². The summed E-state index contributed by atoms with van der Waals surface area (Å²) in [5.74, 6) is -7.84. The SMILES string of the molecule is CCCCC(NC(=O)[C@H](CCCN=C(N)N)NC(C)=O)C(=O)N[C@@H](CC(=O)O)C(=O)NC(C(=O)C[C@@H](Cc1ccccc1)C(=O)O)C(C)C. The van der Waals surface area contributed by atoms with Crippen molar-refractivity contribution in [1.29, 1.82) is 0 Å². The van der Waals surface area contributed by atoms with E-state index in [1.54, 1.807) is 44.2 Å². The Balaban J connectivity index is 3.14. The van der Waals surface area contributed by atoms with Gasteiger partial charge in [0.1, 0.15) is 18.1 Å². The number of nitrogens with zero attached hydrogens (tertiary/aromatic N) is 1. The number of carboxylic acid groups (broad SMARTS) is 2. The summed E-state index contributed by atoms with van der Waals surface area (Å²) in [4.78, 5) is 92.7. The molecular formula is C33H51N7O9. The van der Waals surface area contributed by atoms with Crippen molar-refractivity contribution in [3.8, 4) is 0 Å². The van der Waals surface area contributed by atoms with E-state index in [1.807, 2.05) is 6.92 Å². The minimum Gasteiger partial charge on any atom is -0.481 e. The molecular weight excluding hydrogens is 638 g/mol. The first-order valence-electron chi connectivity index (χ1n) is 16.3. The number of nitrogens with one attached hydrogen (secondary N) is 4. The summed E-state index contributed by atoms with van der Waals surface area (Å²) in [7, 11) is 0. The number of hydrogen-bond donors (Lipinski definition) is 8. The highest BCUT2D eigenvalue weighted by Crippen LogP contribution is 2.17. The van der Waals surface area contributed by atoms with Gasteiger partial charge in [-0.25, -0.2) is 0 Å². The number of guanidine groups is 1. The van der Waals surface area contributed by atoms with Crippen LogP contribution in [0.15, 0.2) is 35.3 Å². The third-order valence-corrected chi connectivity index (χ3v) is 7.56. The molecule has 10 N–H and O–H groups in total. The van der Waals surface area contributed by atoms with Gasteiger partial charge in [-0.3, -0.25) is 38.6 Å². The number of unbranched alkanes of at least 4 members (excludes halogenated alkanes) is 1. The first kappa shape index (κ1) is 42.0. The van der Waals surface area contributed by atoms with Crippen LogP contribution in [-0.2, 0) is 40.0 Å². The zero-order valence-corrected chi connectivity index (χ0v) is 28.6. The lowest BCUT2D eigenvalue weighted by Gasteiger charge is -2.27. The van der Waals surface area contributed by atoms with E-state index in [9.17, 15) is 43.8 Å². The summed E-state index contributed by atoms with van der Waals surface area (Å²) >= 11 is 0. The molecule has 16 heteroatoms. The van der Waals surface area contributed by atoms with Crippen molar-refractivity contribution in [2.75, 3.05) is 6.54 Å². The van der Waals surface area contributed by atoms with Crippen LogP contribution in [0, 0.1) is 11.8 Å². The summed E-state index contributed by atoms with van der Waals surface area (Å²) in [6.07, 6.45) is 0.605. The molecule has 16 nitrogen and oxygen atoms in total. The Morgan fingerprint density at radius 3 is 1.84 bits per heavy atom. The molecule has 0 saturated heterocycles. The number of carboxylic acids is 2. The lowest BCUT2D eigenvalue weighted by Crippen LogP contribution is -2.58. The van der Waals surface area contributed by atoms with Crippen molar-refractivity contribution in [2.45, 2.75) is 103 Å². The predicted molar refractivity (Wildman–Crippen MR) is 181 cm³/mol. The second kappa shape index (κ2) is 21.8. The average Bonchev–Trinajstić information content (AvgIpc) is 3.01. The molecule has 0 fully saturated rings. The lowest BCUT2D eigenvalue weighted by atomic mass is 9.89. The van der Waals surface area contributed by atoms with Gasteiger partial charge in [0.2, 0.25) is 23.6 Å². The average molecular weight is 690 g/mol. The molecule has 0 bridgehead atoms. The maximum atomic E-state index is 13.4. The van der Waals surface area contributed by atoms with Crippen LogP contribution >= 0.6 is 0 Å². The van der Waals surface area contributed by atoms with Gasteiger partial charge in [-0.2, -0.15) is 0 Å². The summed E-state index contributed by atoms with van der Waals surface area (Å²) in [5, 5.41) is 29.3. The predicted octanol–water partition coefficient (Wildman–Crippen LogP) is 0.223. The molecule has 1 aromatic carbocycles. The number of hydrogen-bond acceptors (Lipinski definition) is 8. The minimum absolute atomic E-state index is 0.0856. The molecule has 0 radical (unpaired) electrons. The van der Waals surface area contributed by atoms with Gasteiger partial charge in [0.05, 0.1) is 18.4 Å². The lowest BCUT2D eigenvalue weighted by molar-refractivity contribution is -0.144. The Hall–Kier alpha value is -5.02. The Kier molecular flexibility index (Phi) is 18.7. The van der Waals surface area contributed by atoms with Crippen LogP contribution < -0.4 is 32.7 Å². The summed E-state index contributed by atoms with van der Waals surface area (Å²) in [6, 6.07) is 3.74. The second-order valence-electron chi connectivity index (χ2n) is 12.2. The maximum absolute atomic E-state index is 13.4. The van der Waals surface area contributed by atoms with E-state index in [0.717, 1.165) is 5.56 Å². The molecule has 0 aliphatic heterocycles. The highest BCUT2D eigenvalue weighted by molar-refractivity contribution is 5.97. The van der Waals surface area contributed by atoms with Gasteiger partial charge < -0.3 is 42.9 Å². The van der Waals surface area contributed by atoms with E-state index >= 15 is 0 Å². The van der Waals surface area contributed by atoms with Crippen molar-refractivity contribution < 1.29 is 43.8 Å². The normalized spacial score (nSPS) is 13.9. The largest absolute Gasteiger partial charge is 0.481 e. The molecule has 2 unspecified atom stereocenters. The van der Waals surface area contributed by atoms with Crippen LogP contribution in [0.2, 0.25) is 0 Å². The molecule has 0 aliphatic carbocycles. The number of aliphatic carboxylic acids is 2. The zero-order chi connectivity index (χ0) is 37.1. The standard InChI is InChI=1S/C33H51N7O9/c1-5-6-13-24(38-29(45)23(37-20(4)41)14-10-15-36-33(34)35)30(46)39-25(18-27(43)44)31(47)40-28(19(2)3)26(42)17-22(32(48)49)16-21-11-8-7-9-12-21/h7-9,11-12,19,22-25,28H,5-6,10,13-18H2,1-4H3,(H,37,41)(H,38,45)(H,39,46)(H,40,47)(H,43,44)(H,48,49)(H4,34,35,36)/t22-,23+,24?,25+,28?/m1/s1. The highest BCUT2D eigenvalue weighted by atomic mass is 16.4. The van der Waals surface area contributed by atoms with E-state index < -0.39 is 90.2 Å². The third kappa shape index (κ3) is 16.6. The number of carbonyl (C=O) groups is 7. The molecule has 4 amide bonds. The fourth-order valence-corrected chi connectivity index (χ4v) is 5.01. The van der Waals surface area contributed by atoms with Crippen molar-refractivity contribution in [3.63, 3.8) is 0 Å². The van der Waals surface area contributed by atoms with Crippen LogP contribution in [0.4, 0.5) is 0 Å². The van der Waals surface area contributed by atoms with Crippen LogP contribution in [-0.4, -0.2) is 88.2 Å². The van der Waals surface area contributed by atoms with Crippen molar-refractivity contribution >= 4 is 47.3 Å². The van der Waals surface area contributed by atoms with Gasteiger partial charge in [0.15, 0.2) is 11.7 Å². The fraction of sp³-hybridized carbons (Fsp3) is 0.576. The molecule has 272 valence electrons. The van der Waals surface area contributed by atoms with E-state index in [-0.39, 0.29) is 31.8 Å². The minimum atomic E-state index is -1.63. The molecule has 0 aliphatic rings. The number of benzene rings is 1. The molecule has 0 heterocycles.